The van der Waals surface area contributed by atoms with Crippen molar-refractivity contribution in [3.8, 4) is 0 Å². The number of amides is 3. The monoisotopic (exact) mass is 478 g/mol. The molecule has 2 aliphatic rings. The number of nitrogen functional groups attached to an aromatic ring is 1. The predicted octanol–water partition coefficient (Wildman–Crippen LogP) is -7.02. The van der Waals surface area contributed by atoms with Crippen molar-refractivity contribution in [2.75, 3.05) is 12.8 Å². The number of carboxylic acid groups (broad SMARTS) is 1. The molecule has 3 atom stereocenters. The summed E-state index contributed by atoms with van der Waals surface area (Å²) in [5, 5.41) is 19.1. The van der Waals surface area contributed by atoms with Crippen LogP contribution >= 0.6 is 11.3 Å². The van der Waals surface area contributed by atoms with Gasteiger partial charge in [0, 0.05) is 11.8 Å². The first kappa shape index (κ1) is 25.5. The maximum absolute atomic E-state index is 12.9. The van der Waals surface area contributed by atoms with Crippen LogP contribution in [-0.4, -0.2) is 70.4 Å². The van der Waals surface area contributed by atoms with Crippen LogP contribution in [-0.2, 0) is 38.4 Å². The summed E-state index contributed by atoms with van der Waals surface area (Å²) in [6, 6.07) is -1.78. The fraction of sp³-hybridized carbons (Fsp3) is 0.400. The van der Waals surface area contributed by atoms with Gasteiger partial charge in [-0.2, -0.15) is 5.06 Å². The Morgan fingerprint density at radius 2 is 2.12 bits per heavy atom. The second-order valence-corrected chi connectivity index (χ2v) is 7.14. The number of oxime groups is 1. The molecule has 17 heteroatoms. The Kier molecular flexibility index (Phi) is 7.79. The fourth-order valence-corrected chi connectivity index (χ4v) is 3.48. The molecule has 3 rings (SSSR count). The van der Waals surface area contributed by atoms with Crippen molar-refractivity contribution in [2.24, 2.45) is 10.9 Å². The van der Waals surface area contributed by atoms with Crippen molar-refractivity contribution in [1.82, 2.24) is 15.4 Å². The number of carbonyl (C=O) groups excluding carboxylic acids is 5. The fourth-order valence-electron chi connectivity index (χ4n) is 2.93. The van der Waals surface area contributed by atoms with E-state index < -0.39 is 59.7 Å². The molecule has 5 N–H and O–H groups in total. The van der Waals surface area contributed by atoms with Crippen molar-refractivity contribution in [3.63, 3.8) is 0 Å². The smallest absolute Gasteiger partial charge is 0.544 e. The summed E-state index contributed by atoms with van der Waals surface area (Å²) in [7, 11) is 1.15. The van der Waals surface area contributed by atoms with Gasteiger partial charge in [-0.25, -0.2) is 4.98 Å². The Morgan fingerprint density at radius 3 is 2.59 bits per heavy atom. The van der Waals surface area contributed by atoms with Gasteiger partial charge in [-0.05, 0) is 0 Å². The SMILES string of the molecule is CON=C(C(=O)NC1C(=O)N(C2(C(=O)[O-])CCC(=O)O2)OC1C(N)=O)c1csc(N)n1.[Na+]. The van der Waals surface area contributed by atoms with E-state index in [1.54, 1.807) is 0 Å². The molecule has 0 bridgehead atoms. The average Bonchev–Trinajstić information content (AvgIpc) is 3.38. The molecule has 3 heterocycles. The number of anilines is 1. The van der Waals surface area contributed by atoms with Crippen molar-refractivity contribution in [2.45, 2.75) is 30.7 Å². The number of hydrogen-bond donors (Lipinski definition) is 3. The van der Waals surface area contributed by atoms with Gasteiger partial charge in [0.25, 0.3) is 23.4 Å². The molecule has 0 spiro atoms. The van der Waals surface area contributed by atoms with E-state index in [0.29, 0.717) is 0 Å². The first-order chi connectivity index (χ1) is 14.6. The number of nitrogens with zero attached hydrogens (tertiary/aromatic N) is 3. The Hall–Kier alpha value is -2.79. The molecule has 3 unspecified atom stereocenters. The molecule has 2 aliphatic heterocycles. The summed E-state index contributed by atoms with van der Waals surface area (Å²) in [4.78, 5) is 74.2. The number of carbonyl (C=O) groups is 5. The van der Waals surface area contributed by atoms with Crippen molar-refractivity contribution >= 4 is 51.8 Å². The Morgan fingerprint density at radius 1 is 1.44 bits per heavy atom. The number of hydroxylamine groups is 2. The Balaban J connectivity index is 0.00000363. The quantitative estimate of drug-likeness (QED) is 0.144. The van der Waals surface area contributed by atoms with Crippen LogP contribution < -0.4 is 51.4 Å². The van der Waals surface area contributed by atoms with E-state index in [-0.39, 0.29) is 51.9 Å². The van der Waals surface area contributed by atoms with Crippen LogP contribution in [0.25, 0.3) is 0 Å². The number of aromatic nitrogens is 1. The summed E-state index contributed by atoms with van der Waals surface area (Å²) in [5.74, 6) is -6.35. The number of nitrogens with one attached hydrogen (secondary N) is 1. The van der Waals surface area contributed by atoms with Gasteiger partial charge in [-0.15, -0.1) is 11.3 Å². The van der Waals surface area contributed by atoms with Gasteiger partial charge in [0.05, 0.1) is 6.42 Å². The first-order valence-electron chi connectivity index (χ1n) is 8.47. The molecule has 2 saturated heterocycles. The normalized spacial score (nSPS) is 25.2. The zero-order valence-electron chi connectivity index (χ0n) is 16.7. The maximum Gasteiger partial charge on any atom is 1.00 e. The molecule has 0 radical (unpaired) electrons. The molecule has 3 amide bonds. The molecule has 0 aliphatic carbocycles. The molecule has 0 saturated carbocycles. The number of rotatable bonds is 7. The summed E-state index contributed by atoms with van der Waals surface area (Å²) in [6.45, 7) is 0. The van der Waals surface area contributed by atoms with Gasteiger partial charge >= 0.3 is 35.5 Å². The van der Waals surface area contributed by atoms with Gasteiger partial charge in [0.1, 0.15) is 24.8 Å². The van der Waals surface area contributed by atoms with Gasteiger partial charge < -0.3 is 36.3 Å². The zero-order chi connectivity index (χ0) is 22.9. The van der Waals surface area contributed by atoms with Crippen LogP contribution in [0.1, 0.15) is 18.5 Å². The third kappa shape index (κ3) is 4.53. The molecule has 2 fully saturated rings. The third-order valence-corrected chi connectivity index (χ3v) is 4.99. The Labute approximate surface area is 205 Å². The van der Waals surface area contributed by atoms with E-state index in [9.17, 15) is 29.1 Å². The van der Waals surface area contributed by atoms with Gasteiger partial charge in [0.15, 0.2) is 16.9 Å². The van der Waals surface area contributed by atoms with E-state index in [0.717, 1.165) is 18.4 Å². The molecule has 1 aromatic rings. The van der Waals surface area contributed by atoms with E-state index >= 15 is 0 Å². The van der Waals surface area contributed by atoms with Crippen molar-refractivity contribution < 1.29 is 73.0 Å². The van der Waals surface area contributed by atoms with E-state index in [1.807, 2.05) is 0 Å². The second-order valence-electron chi connectivity index (χ2n) is 6.25. The van der Waals surface area contributed by atoms with Crippen LogP contribution in [0, 0.1) is 0 Å². The summed E-state index contributed by atoms with van der Waals surface area (Å²) in [5.41, 5.74) is 7.77. The molecule has 15 nitrogen and oxygen atoms in total. The number of nitrogens with two attached hydrogens (primary N) is 2. The van der Waals surface area contributed by atoms with Gasteiger partial charge in [-0.1, -0.05) is 5.16 Å². The minimum Gasteiger partial charge on any atom is -0.544 e. The Bertz CT molecular complexity index is 1000. The number of aliphatic carboxylic acids is 1. The molecule has 0 aromatic carbocycles. The first-order valence-corrected chi connectivity index (χ1v) is 9.35. The number of cyclic esters (lactones) is 1. The van der Waals surface area contributed by atoms with Gasteiger partial charge in [0.2, 0.25) is 0 Å². The molecular weight excluding hydrogens is 463 g/mol. The van der Waals surface area contributed by atoms with Crippen LogP contribution in [0.15, 0.2) is 10.5 Å². The zero-order valence-corrected chi connectivity index (χ0v) is 19.5. The minimum atomic E-state index is -2.62. The molecular formula is C15H15N6NaO9S. The van der Waals surface area contributed by atoms with E-state index in [4.69, 9.17) is 21.0 Å². The average molecular weight is 478 g/mol. The number of thiazole rings is 1. The second kappa shape index (κ2) is 9.78. The topological polar surface area (TPSA) is 229 Å². The number of hydrogen-bond acceptors (Lipinski definition) is 13. The largest absolute Gasteiger partial charge is 1.00 e. The van der Waals surface area contributed by atoms with Crippen LogP contribution in [0.5, 0.6) is 0 Å². The minimum absolute atomic E-state index is 0. The predicted molar refractivity (Wildman–Crippen MR) is 96.0 cm³/mol. The van der Waals surface area contributed by atoms with E-state index in [1.165, 1.54) is 5.38 Å². The van der Waals surface area contributed by atoms with Crippen molar-refractivity contribution in [1.29, 1.82) is 0 Å². The standard InChI is InChI=1S/C15H16N6O9S.Na/c1-28-20-7(5-4-31-14(17)18-5)11(24)19-8-9(10(16)23)30-21(12(8)25)15(13(26)27)3-2-6(22)29-15;/h4,8-9H,2-3H2,1H3,(H2,16,23)(H2,17,18)(H,19,24)(H,26,27);/q;+1/p-1. The maximum atomic E-state index is 12.9. The third-order valence-electron chi connectivity index (χ3n) is 4.31. The molecule has 1 aromatic heterocycles. The number of ether oxygens (including phenoxy) is 1. The molecule has 166 valence electrons. The van der Waals surface area contributed by atoms with Gasteiger partial charge in [-0.3, -0.25) is 24.0 Å². The van der Waals surface area contributed by atoms with Crippen molar-refractivity contribution in [3.05, 3.63) is 11.1 Å². The van der Waals surface area contributed by atoms with Crippen LogP contribution in [0.3, 0.4) is 0 Å². The summed E-state index contributed by atoms with van der Waals surface area (Å²) >= 11 is 1.00. The number of carboxylic acids is 1. The molecule has 32 heavy (non-hydrogen) atoms. The summed E-state index contributed by atoms with van der Waals surface area (Å²) < 4.78 is 4.75. The number of primary amides is 1. The number of esters is 1. The summed E-state index contributed by atoms with van der Waals surface area (Å²) in [6.07, 6.45) is -2.67. The van der Waals surface area contributed by atoms with E-state index in [2.05, 4.69) is 20.3 Å². The van der Waals surface area contributed by atoms with Crippen LogP contribution in [0.4, 0.5) is 5.13 Å². The van der Waals surface area contributed by atoms with Crippen LogP contribution in [0.2, 0.25) is 0 Å².